The third-order valence-electron chi connectivity index (χ3n) is 4.03. The Morgan fingerprint density at radius 1 is 1.04 bits per heavy atom. The number of methoxy groups -OCH3 is 3. The molecule has 2 amide bonds. The molecular weight excluding hydrogens is 336 g/mol. The summed E-state index contributed by atoms with van der Waals surface area (Å²) in [6, 6.07) is -2.10. The number of ether oxygens (including phenoxy) is 3. The van der Waals surface area contributed by atoms with E-state index in [2.05, 4.69) is 24.8 Å². The maximum absolute atomic E-state index is 12.3. The van der Waals surface area contributed by atoms with E-state index in [1.54, 1.807) is 0 Å². The molecule has 2 N–H and O–H groups in total. The molecule has 1 aliphatic rings. The highest BCUT2D eigenvalue weighted by molar-refractivity contribution is 5.97. The summed E-state index contributed by atoms with van der Waals surface area (Å²) >= 11 is 0. The van der Waals surface area contributed by atoms with Gasteiger partial charge in [-0.15, -0.1) is 0 Å². The van der Waals surface area contributed by atoms with Gasteiger partial charge in [0, 0.05) is 12.3 Å². The minimum Gasteiger partial charge on any atom is -0.468 e. The van der Waals surface area contributed by atoms with Crippen molar-refractivity contribution < 1.29 is 38.2 Å². The van der Waals surface area contributed by atoms with E-state index in [-0.39, 0.29) is 18.7 Å². The third-order valence-corrected chi connectivity index (χ3v) is 4.03. The van der Waals surface area contributed by atoms with Crippen LogP contribution in [0.5, 0.6) is 0 Å². The molecule has 1 saturated heterocycles. The second kappa shape index (κ2) is 9.00. The Kier molecular flexibility index (Phi) is 7.34. The fourth-order valence-corrected chi connectivity index (χ4v) is 2.57. The number of nitrogens with one attached hydrogen (secondary N) is 2. The monoisotopic (exact) mass is 358 g/mol. The Morgan fingerprint density at radius 2 is 1.56 bits per heavy atom. The largest absolute Gasteiger partial charge is 0.468 e. The van der Waals surface area contributed by atoms with Crippen LogP contribution in [-0.2, 0) is 38.2 Å². The van der Waals surface area contributed by atoms with Crippen molar-refractivity contribution in [3.63, 3.8) is 0 Å². The second-order valence-corrected chi connectivity index (χ2v) is 5.55. The van der Waals surface area contributed by atoms with Crippen LogP contribution < -0.4 is 10.6 Å². The summed E-state index contributed by atoms with van der Waals surface area (Å²) < 4.78 is 13.8. The molecule has 25 heavy (non-hydrogen) atoms. The lowest BCUT2D eigenvalue weighted by Gasteiger charge is -2.27. The number of carbonyl (C=O) groups is 5. The number of hydrogen-bond donors (Lipinski definition) is 2. The van der Waals surface area contributed by atoms with E-state index in [1.165, 1.54) is 6.92 Å². The summed E-state index contributed by atoms with van der Waals surface area (Å²) in [5, 5.41) is 4.89. The second-order valence-electron chi connectivity index (χ2n) is 5.55. The van der Waals surface area contributed by atoms with Crippen molar-refractivity contribution >= 4 is 29.7 Å². The molecule has 0 bridgehead atoms. The van der Waals surface area contributed by atoms with Gasteiger partial charge < -0.3 is 24.8 Å². The van der Waals surface area contributed by atoms with Crippen molar-refractivity contribution in [3.05, 3.63) is 0 Å². The van der Waals surface area contributed by atoms with Gasteiger partial charge in [0.25, 0.3) is 0 Å². The van der Waals surface area contributed by atoms with Crippen LogP contribution in [0.25, 0.3) is 0 Å². The van der Waals surface area contributed by atoms with Crippen LogP contribution in [-0.4, -0.2) is 63.1 Å². The third kappa shape index (κ3) is 4.91. The lowest BCUT2D eigenvalue weighted by atomic mass is 9.87. The highest BCUT2D eigenvalue weighted by Crippen LogP contribution is 2.21. The summed E-state index contributed by atoms with van der Waals surface area (Å²) in [5.74, 6) is -5.98. The normalized spacial score (nSPS) is 18.8. The van der Waals surface area contributed by atoms with Crippen LogP contribution in [0.15, 0.2) is 0 Å². The van der Waals surface area contributed by atoms with Gasteiger partial charge in [-0.1, -0.05) is 6.92 Å². The van der Waals surface area contributed by atoms with Crippen molar-refractivity contribution in [1.82, 2.24) is 10.6 Å². The van der Waals surface area contributed by atoms with Crippen molar-refractivity contribution in [1.29, 1.82) is 0 Å². The Morgan fingerprint density at radius 3 is 1.96 bits per heavy atom. The number of carbonyl (C=O) groups excluding carboxylic acids is 5. The predicted octanol–water partition coefficient (Wildman–Crippen LogP) is -1.48. The van der Waals surface area contributed by atoms with E-state index < -0.39 is 47.7 Å². The molecule has 10 heteroatoms. The first-order valence-electron chi connectivity index (χ1n) is 7.60. The van der Waals surface area contributed by atoms with Crippen molar-refractivity contribution in [2.24, 2.45) is 11.8 Å². The Hall–Kier alpha value is -2.65. The first-order chi connectivity index (χ1) is 11.8. The molecule has 10 nitrogen and oxygen atoms in total. The fraction of sp³-hybridized carbons (Fsp3) is 0.667. The van der Waals surface area contributed by atoms with Gasteiger partial charge in [0.15, 0.2) is 5.92 Å². The summed E-state index contributed by atoms with van der Waals surface area (Å²) in [7, 11) is 3.28. The topological polar surface area (TPSA) is 137 Å². The van der Waals surface area contributed by atoms with Crippen LogP contribution >= 0.6 is 0 Å². The zero-order chi connectivity index (χ0) is 19.1. The van der Waals surface area contributed by atoms with E-state index in [1.807, 2.05) is 0 Å². The predicted molar refractivity (Wildman–Crippen MR) is 81.8 cm³/mol. The van der Waals surface area contributed by atoms with Gasteiger partial charge in [-0.2, -0.15) is 0 Å². The molecule has 1 fully saturated rings. The summed E-state index contributed by atoms with van der Waals surface area (Å²) in [4.78, 5) is 59.4. The molecule has 0 aromatic rings. The van der Waals surface area contributed by atoms with Crippen LogP contribution in [0.3, 0.4) is 0 Å². The van der Waals surface area contributed by atoms with Crippen LogP contribution in [0.1, 0.15) is 19.8 Å². The van der Waals surface area contributed by atoms with Gasteiger partial charge in [0.2, 0.25) is 11.8 Å². The molecule has 0 spiro atoms. The van der Waals surface area contributed by atoms with Gasteiger partial charge in [0.1, 0.15) is 12.1 Å². The number of hydrogen-bond acceptors (Lipinski definition) is 8. The molecule has 0 aromatic heterocycles. The number of rotatable bonds is 7. The van der Waals surface area contributed by atoms with Crippen LogP contribution in [0, 0.1) is 11.8 Å². The lowest BCUT2D eigenvalue weighted by molar-refractivity contribution is -0.163. The molecule has 0 radical (unpaired) electrons. The van der Waals surface area contributed by atoms with E-state index in [9.17, 15) is 24.0 Å². The number of amides is 2. The quantitative estimate of drug-likeness (QED) is 0.319. The number of esters is 3. The summed E-state index contributed by atoms with van der Waals surface area (Å²) in [5.41, 5.74) is 0. The molecule has 0 aromatic carbocycles. The van der Waals surface area contributed by atoms with Gasteiger partial charge in [-0.05, 0) is 6.42 Å². The maximum atomic E-state index is 12.3. The van der Waals surface area contributed by atoms with Crippen LogP contribution in [0.4, 0.5) is 0 Å². The summed E-state index contributed by atoms with van der Waals surface area (Å²) in [6.45, 7) is 1.41. The molecule has 3 atom stereocenters. The van der Waals surface area contributed by atoms with E-state index in [0.29, 0.717) is 0 Å². The molecule has 0 aliphatic carbocycles. The Labute approximate surface area is 144 Å². The highest BCUT2D eigenvalue weighted by Gasteiger charge is 2.43. The van der Waals surface area contributed by atoms with Gasteiger partial charge in [0.05, 0.1) is 21.3 Å². The fourth-order valence-electron chi connectivity index (χ4n) is 2.57. The standard InChI is InChI=1S/C15H22N2O8/c1-7(10(13(20)23-2)14(21)24-3)11(15(22)25-4)17-12(19)8-5-6-9(18)16-8/h7-8,10-11H,5-6H2,1-4H3,(H,16,18)(H,17,19)/t7-,8+,11-/m0/s1. The van der Waals surface area contributed by atoms with Crippen molar-refractivity contribution in [3.8, 4) is 0 Å². The van der Waals surface area contributed by atoms with Crippen molar-refractivity contribution in [2.45, 2.75) is 31.8 Å². The minimum atomic E-state index is -1.43. The van der Waals surface area contributed by atoms with E-state index in [4.69, 9.17) is 0 Å². The zero-order valence-corrected chi connectivity index (χ0v) is 14.5. The molecule has 1 aliphatic heterocycles. The smallest absolute Gasteiger partial charge is 0.328 e. The first kappa shape index (κ1) is 20.4. The van der Waals surface area contributed by atoms with Gasteiger partial charge in [-0.3, -0.25) is 19.2 Å². The lowest BCUT2D eigenvalue weighted by Crippen LogP contribution is -2.54. The molecule has 0 unspecified atom stereocenters. The molecule has 140 valence electrons. The molecular formula is C15H22N2O8. The van der Waals surface area contributed by atoms with Gasteiger partial charge in [-0.25, -0.2) is 4.79 Å². The SMILES string of the molecule is COC(=O)C(C(=O)OC)[C@H](C)[C@H](NC(=O)[C@H]1CCC(=O)N1)C(=O)OC. The average molecular weight is 358 g/mol. The Bertz CT molecular complexity index is 546. The molecule has 1 heterocycles. The molecule has 1 rings (SSSR count). The zero-order valence-electron chi connectivity index (χ0n) is 14.5. The maximum Gasteiger partial charge on any atom is 0.328 e. The minimum absolute atomic E-state index is 0.198. The summed E-state index contributed by atoms with van der Waals surface area (Å²) in [6.07, 6.45) is 0.480. The van der Waals surface area contributed by atoms with Crippen LogP contribution in [0.2, 0.25) is 0 Å². The average Bonchev–Trinajstić information content (AvgIpc) is 3.04. The van der Waals surface area contributed by atoms with E-state index >= 15 is 0 Å². The van der Waals surface area contributed by atoms with Gasteiger partial charge >= 0.3 is 17.9 Å². The Balaban J connectivity index is 3.00. The van der Waals surface area contributed by atoms with E-state index in [0.717, 1.165) is 21.3 Å². The van der Waals surface area contributed by atoms with Crippen molar-refractivity contribution in [2.75, 3.05) is 21.3 Å². The molecule has 0 saturated carbocycles. The first-order valence-corrected chi connectivity index (χ1v) is 7.60. The highest BCUT2D eigenvalue weighted by atomic mass is 16.5.